The molecule has 204 valence electrons. The first-order valence-electron chi connectivity index (χ1n) is 11.4. The molecule has 0 fully saturated rings. The summed E-state index contributed by atoms with van der Waals surface area (Å²) in [5.41, 5.74) is -1.91. The molecule has 0 amide bonds. The van der Waals surface area contributed by atoms with Crippen LogP contribution in [0.4, 0.5) is 13.2 Å². The van der Waals surface area contributed by atoms with E-state index in [1.807, 2.05) is 0 Å². The number of alkyl halides is 3. The smallest absolute Gasteiger partial charge is 0.436 e. The monoisotopic (exact) mass is 571 g/mol. The first-order valence-corrected chi connectivity index (χ1v) is 11.8. The fourth-order valence-corrected chi connectivity index (χ4v) is 4.17. The number of aromatic amines is 1. The third kappa shape index (κ3) is 5.31. The van der Waals surface area contributed by atoms with Crippen LogP contribution in [0.25, 0.3) is 27.9 Å². The van der Waals surface area contributed by atoms with Crippen molar-refractivity contribution in [2.75, 3.05) is 0 Å². The number of H-pyrrole nitrogens is 1. The van der Waals surface area contributed by atoms with Crippen molar-refractivity contribution < 1.29 is 22.3 Å². The molecule has 0 saturated heterocycles. The molecule has 1 N–H and O–H groups in total. The van der Waals surface area contributed by atoms with Crippen LogP contribution in [0.15, 0.2) is 86.4 Å². The summed E-state index contributed by atoms with van der Waals surface area (Å²) in [5.74, 6) is -0.492. The number of benzene rings is 1. The van der Waals surface area contributed by atoms with Gasteiger partial charge in [-0.05, 0) is 42.0 Å². The lowest BCUT2D eigenvalue weighted by molar-refractivity contribution is -0.142. The van der Waals surface area contributed by atoms with E-state index in [1.165, 1.54) is 65.2 Å². The number of nitrogens with one attached hydrogen (secondary N) is 1. The molecule has 4 aromatic heterocycles. The summed E-state index contributed by atoms with van der Waals surface area (Å²) in [6, 6.07) is 8.93. The van der Waals surface area contributed by atoms with Crippen molar-refractivity contribution in [3.63, 3.8) is 0 Å². The van der Waals surface area contributed by atoms with E-state index in [9.17, 15) is 27.6 Å². The molecule has 0 aliphatic heterocycles. The first kappa shape index (κ1) is 26.7. The lowest BCUT2D eigenvalue weighted by Gasteiger charge is -2.14. The predicted molar refractivity (Wildman–Crippen MR) is 137 cm³/mol. The summed E-state index contributed by atoms with van der Waals surface area (Å²) in [6.07, 6.45) is 1.67. The van der Waals surface area contributed by atoms with Gasteiger partial charge in [0.25, 0.3) is 11.1 Å². The van der Waals surface area contributed by atoms with Gasteiger partial charge in [-0.2, -0.15) is 13.2 Å². The van der Waals surface area contributed by atoms with Crippen LogP contribution in [0, 0.1) is 0 Å². The van der Waals surface area contributed by atoms with Crippen molar-refractivity contribution >= 4 is 11.6 Å². The lowest BCUT2D eigenvalue weighted by atomic mass is 10.0. The molecule has 0 radical (unpaired) electrons. The van der Waals surface area contributed by atoms with Crippen LogP contribution in [-0.2, 0) is 19.8 Å². The SMILES string of the molecule is Cn1cc(-c2cc(-c3cc(Cl)cc(OCc4ocnc4C(F)(F)F)c3)c(=O)n(-c3cccnc3)c2)c(=O)[nH]c1=O. The highest BCUT2D eigenvalue weighted by Crippen LogP contribution is 2.33. The predicted octanol–water partition coefficient (Wildman–Crippen LogP) is 4.19. The van der Waals surface area contributed by atoms with Crippen molar-refractivity contribution in [1.29, 1.82) is 0 Å². The molecule has 10 nitrogen and oxygen atoms in total. The van der Waals surface area contributed by atoms with Gasteiger partial charge in [0, 0.05) is 41.8 Å². The molecule has 0 unspecified atom stereocenters. The Morgan fingerprint density at radius 1 is 1.07 bits per heavy atom. The molecule has 0 aliphatic rings. The highest BCUT2D eigenvalue weighted by Gasteiger charge is 2.37. The number of nitrogens with zero attached hydrogens (tertiary/aromatic N) is 4. The number of rotatable bonds is 6. The quantitative estimate of drug-likeness (QED) is 0.324. The third-order valence-electron chi connectivity index (χ3n) is 5.82. The minimum atomic E-state index is -4.73. The third-order valence-corrected chi connectivity index (χ3v) is 6.04. The van der Waals surface area contributed by atoms with E-state index in [0.717, 1.165) is 0 Å². The minimum Gasteiger partial charge on any atom is -0.486 e. The average molecular weight is 572 g/mol. The molecule has 4 heterocycles. The highest BCUT2D eigenvalue weighted by molar-refractivity contribution is 6.31. The Morgan fingerprint density at radius 3 is 2.60 bits per heavy atom. The Kier molecular flexibility index (Phi) is 6.90. The van der Waals surface area contributed by atoms with Crippen LogP contribution in [0.3, 0.4) is 0 Å². The van der Waals surface area contributed by atoms with Crippen molar-refractivity contribution in [3.05, 3.63) is 115 Å². The van der Waals surface area contributed by atoms with E-state index in [1.54, 1.807) is 12.1 Å². The molecule has 0 aliphatic carbocycles. The molecule has 40 heavy (non-hydrogen) atoms. The molecule has 5 aromatic rings. The highest BCUT2D eigenvalue weighted by atomic mass is 35.5. The zero-order valence-corrected chi connectivity index (χ0v) is 21.2. The van der Waals surface area contributed by atoms with Crippen molar-refractivity contribution in [1.82, 2.24) is 24.1 Å². The van der Waals surface area contributed by atoms with Gasteiger partial charge in [0.05, 0.1) is 17.4 Å². The standard InChI is InChI=1S/C26H17ClF3N5O5/c1-34-11-20(23(36)33-25(34)38)15-7-19(24(37)35(10-15)17-3-2-4-31-9-17)14-5-16(27)8-18(6-14)39-12-21-22(26(28,29)30)32-13-40-21/h2-11,13H,12H2,1H3,(H,33,36,38). The summed E-state index contributed by atoms with van der Waals surface area (Å²) in [4.78, 5) is 47.7. The summed E-state index contributed by atoms with van der Waals surface area (Å²) in [7, 11) is 1.46. The Bertz CT molecular complexity index is 1890. The van der Waals surface area contributed by atoms with Crippen LogP contribution < -0.4 is 21.5 Å². The maximum Gasteiger partial charge on any atom is 0.436 e. The van der Waals surface area contributed by atoms with Crippen LogP contribution >= 0.6 is 11.6 Å². The Hall–Kier alpha value is -4.91. The van der Waals surface area contributed by atoms with Gasteiger partial charge in [0.1, 0.15) is 12.4 Å². The molecule has 0 saturated carbocycles. The second-order valence-electron chi connectivity index (χ2n) is 8.53. The summed E-state index contributed by atoms with van der Waals surface area (Å²) in [6.45, 7) is -0.609. The molecule has 0 bridgehead atoms. The van der Waals surface area contributed by atoms with Gasteiger partial charge < -0.3 is 13.7 Å². The number of pyridine rings is 2. The maximum atomic E-state index is 13.6. The van der Waals surface area contributed by atoms with Crippen LogP contribution in [0.2, 0.25) is 5.02 Å². The molecule has 0 atom stereocenters. The van der Waals surface area contributed by atoms with Gasteiger partial charge in [-0.25, -0.2) is 9.78 Å². The number of aryl methyl sites for hydroxylation is 1. The number of hydrogen-bond acceptors (Lipinski definition) is 7. The zero-order chi connectivity index (χ0) is 28.6. The van der Waals surface area contributed by atoms with Gasteiger partial charge in [0.2, 0.25) is 0 Å². The first-order chi connectivity index (χ1) is 19.0. The minimum absolute atomic E-state index is 0.0460. The molecule has 5 rings (SSSR count). The van der Waals surface area contributed by atoms with E-state index in [2.05, 4.69) is 15.0 Å². The number of aromatic nitrogens is 5. The molecular weight excluding hydrogens is 555 g/mol. The Balaban J connectivity index is 1.63. The fraction of sp³-hybridized carbons (Fsp3) is 0.115. The summed E-state index contributed by atoms with van der Waals surface area (Å²) < 4.78 is 52.2. The van der Waals surface area contributed by atoms with E-state index in [4.69, 9.17) is 20.8 Å². The van der Waals surface area contributed by atoms with Gasteiger partial charge in [-0.3, -0.25) is 24.1 Å². The second kappa shape index (κ2) is 10.3. The number of oxazole rings is 1. The lowest BCUT2D eigenvalue weighted by Crippen LogP contribution is -2.29. The van der Waals surface area contributed by atoms with Gasteiger partial charge in [-0.1, -0.05) is 11.6 Å². The number of halogens is 4. The van der Waals surface area contributed by atoms with Crippen LogP contribution in [0.1, 0.15) is 11.5 Å². The van der Waals surface area contributed by atoms with Crippen LogP contribution in [-0.4, -0.2) is 24.1 Å². The zero-order valence-electron chi connectivity index (χ0n) is 20.4. The molecular formula is C26H17ClF3N5O5. The van der Waals surface area contributed by atoms with Crippen LogP contribution in [0.5, 0.6) is 5.75 Å². The van der Waals surface area contributed by atoms with Gasteiger partial charge in [0.15, 0.2) is 17.8 Å². The van der Waals surface area contributed by atoms with Gasteiger partial charge in [-0.15, -0.1) is 0 Å². The van der Waals surface area contributed by atoms with Crippen molar-refractivity contribution in [2.24, 2.45) is 7.05 Å². The number of ether oxygens (including phenoxy) is 1. The molecule has 0 spiro atoms. The molecule has 1 aromatic carbocycles. The fourth-order valence-electron chi connectivity index (χ4n) is 3.95. The van der Waals surface area contributed by atoms with E-state index in [-0.39, 0.29) is 33.0 Å². The topological polar surface area (TPSA) is 125 Å². The Morgan fingerprint density at radius 2 is 1.88 bits per heavy atom. The number of hydrogen-bond donors (Lipinski definition) is 1. The summed E-state index contributed by atoms with van der Waals surface area (Å²) >= 11 is 6.29. The second-order valence-corrected chi connectivity index (χ2v) is 8.96. The van der Waals surface area contributed by atoms with Gasteiger partial charge >= 0.3 is 11.9 Å². The van der Waals surface area contributed by atoms with E-state index < -0.39 is 41.0 Å². The largest absolute Gasteiger partial charge is 0.486 e. The maximum absolute atomic E-state index is 13.6. The van der Waals surface area contributed by atoms with E-state index >= 15 is 0 Å². The van der Waals surface area contributed by atoms with Crippen molar-refractivity contribution in [3.8, 4) is 33.7 Å². The average Bonchev–Trinajstić information content (AvgIpc) is 3.40. The summed E-state index contributed by atoms with van der Waals surface area (Å²) in [5, 5.41) is 0.124. The Labute approximate surface area is 226 Å². The normalized spacial score (nSPS) is 11.5. The molecule has 14 heteroatoms. The van der Waals surface area contributed by atoms with E-state index in [0.29, 0.717) is 12.1 Å². The van der Waals surface area contributed by atoms with Crippen molar-refractivity contribution in [2.45, 2.75) is 12.8 Å².